The quantitative estimate of drug-likeness (QED) is 0.526. The lowest BCUT2D eigenvalue weighted by Gasteiger charge is -1.98. The minimum Gasteiger partial charge on any atom is -0.293 e. The van der Waals surface area contributed by atoms with Gasteiger partial charge in [-0.2, -0.15) is 4.68 Å². The van der Waals surface area contributed by atoms with Gasteiger partial charge in [0, 0.05) is 29.2 Å². The Bertz CT molecular complexity index is 1100. The molecule has 0 saturated carbocycles. The Hall–Kier alpha value is -2.51. The molecule has 0 aliphatic heterocycles. The number of thiazole rings is 1. The standard InChI is InChI=1S/C19H18N4OS2/c1-12(20-10-9-14-6-5-11-25-14)17-13(2)22-23(18(17)24)19-21-15-7-3-4-8-16(15)26-19/h3-8,11,22H,9-10H2,1-2H3. The smallest absolute Gasteiger partial charge is 0.282 e. The van der Waals surface area contributed by atoms with Gasteiger partial charge in [-0.15, -0.1) is 11.3 Å². The zero-order valence-electron chi connectivity index (χ0n) is 14.5. The van der Waals surface area contributed by atoms with Crippen LogP contribution >= 0.6 is 22.7 Å². The Balaban J connectivity index is 1.64. The van der Waals surface area contributed by atoms with Crippen LogP contribution in [0.3, 0.4) is 0 Å². The minimum atomic E-state index is -0.0982. The molecule has 4 aromatic rings. The van der Waals surface area contributed by atoms with Crippen LogP contribution < -0.4 is 5.56 Å². The zero-order valence-corrected chi connectivity index (χ0v) is 16.2. The molecular formula is C19H18N4OS2. The highest BCUT2D eigenvalue weighted by Crippen LogP contribution is 2.23. The van der Waals surface area contributed by atoms with E-state index in [1.807, 2.05) is 44.2 Å². The van der Waals surface area contributed by atoms with Gasteiger partial charge in [-0.3, -0.25) is 14.9 Å². The summed E-state index contributed by atoms with van der Waals surface area (Å²) in [5.74, 6) is 0. The molecule has 4 rings (SSSR count). The van der Waals surface area contributed by atoms with Crippen molar-refractivity contribution in [1.29, 1.82) is 0 Å². The highest BCUT2D eigenvalue weighted by molar-refractivity contribution is 7.20. The number of aryl methyl sites for hydroxylation is 1. The maximum atomic E-state index is 12.9. The van der Waals surface area contributed by atoms with Gasteiger partial charge in [0.2, 0.25) is 5.13 Å². The first-order chi connectivity index (χ1) is 12.6. The molecule has 0 bridgehead atoms. The monoisotopic (exact) mass is 382 g/mol. The summed E-state index contributed by atoms with van der Waals surface area (Å²) in [6.07, 6.45) is 0.893. The molecule has 7 heteroatoms. The number of H-pyrrole nitrogens is 1. The van der Waals surface area contributed by atoms with Crippen molar-refractivity contribution >= 4 is 38.6 Å². The van der Waals surface area contributed by atoms with Gasteiger partial charge in [-0.25, -0.2) is 4.98 Å². The lowest BCUT2D eigenvalue weighted by Crippen LogP contribution is -2.19. The second-order valence-corrected chi connectivity index (χ2v) is 8.05. The minimum absolute atomic E-state index is 0.0982. The van der Waals surface area contributed by atoms with Crippen LogP contribution in [0.15, 0.2) is 51.6 Å². The molecule has 0 spiro atoms. The molecule has 0 atom stereocenters. The number of benzene rings is 1. The normalized spacial score (nSPS) is 12.2. The fourth-order valence-corrected chi connectivity index (χ4v) is 4.55. The van der Waals surface area contributed by atoms with Gasteiger partial charge in [0.25, 0.3) is 5.56 Å². The van der Waals surface area contributed by atoms with Gasteiger partial charge in [0.15, 0.2) is 0 Å². The van der Waals surface area contributed by atoms with Crippen molar-refractivity contribution in [2.24, 2.45) is 4.99 Å². The number of nitrogens with one attached hydrogen (secondary N) is 1. The summed E-state index contributed by atoms with van der Waals surface area (Å²) in [7, 11) is 0. The predicted molar refractivity (Wildman–Crippen MR) is 109 cm³/mol. The second-order valence-electron chi connectivity index (χ2n) is 6.01. The SMILES string of the molecule is CC(=NCCc1cccs1)c1c(C)[nH]n(-c2nc3ccccc3s2)c1=O. The Morgan fingerprint density at radius 1 is 1.27 bits per heavy atom. The molecule has 0 radical (unpaired) electrons. The number of thiophene rings is 1. The number of aliphatic imine (C=N–C) groups is 1. The fourth-order valence-electron chi connectivity index (χ4n) is 2.93. The Labute approximate surface area is 158 Å². The van der Waals surface area contributed by atoms with Crippen LogP contribution in [0.5, 0.6) is 0 Å². The van der Waals surface area contributed by atoms with E-state index in [1.54, 1.807) is 11.3 Å². The van der Waals surface area contributed by atoms with Gasteiger partial charge in [-0.05, 0) is 37.4 Å². The number of aromatic nitrogens is 3. The summed E-state index contributed by atoms with van der Waals surface area (Å²) >= 11 is 3.23. The average Bonchev–Trinajstić information content (AvgIpc) is 3.33. The van der Waals surface area contributed by atoms with Crippen LogP contribution in [0.1, 0.15) is 23.1 Å². The first-order valence-electron chi connectivity index (χ1n) is 8.35. The second kappa shape index (κ2) is 7.01. The van der Waals surface area contributed by atoms with Crippen LogP contribution in [0.4, 0.5) is 0 Å². The molecule has 3 heterocycles. The van der Waals surface area contributed by atoms with E-state index in [4.69, 9.17) is 0 Å². The molecule has 132 valence electrons. The van der Waals surface area contributed by atoms with E-state index < -0.39 is 0 Å². The molecule has 1 N–H and O–H groups in total. The molecule has 0 fully saturated rings. The fraction of sp³-hybridized carbons (Fsp3) is 0.211. The molecule has 1 aromatic carbocycles. The highest BCUT2D eigenvalue weighted by Gasteiger charge is 2.17. The third-order valence-electron chi connectivity index (χ3n) is 4.19. The molecule has 0 saturated heterocycles. The molecule has 26 heavy (non-hydrogen) atoms. The average molecular weight is 383 g/mol. The van der Waals surface area contributed by atoms with Crippen LogP contribution in [0.2, 0.25) is 0 Å². The molecule has 0 aliphatic carbocycles. The first kappa shape index (κ1) is 16.9. The van der Waals surface area contributed by atoms with Crippen molar-refractivity contribution < 1.29 is 0 Å². The molecule has 3 aromatic heterocycles. The topological polar surface area (TPSA) is 63.0 Å². The Kier molecular flexibility index (Phi) is 4.57. The lowest BCUT2D eigenvalue weighted by molar-refractivity contribution is 0.829. The third kappa shape index (κ3) is 3.15. The molecule has 5 nitrogen and oxygen atoms in total. The summed E-state index contributed by atoms with van der Waals surface area (Å²) in [4.78, 5) is 23.4. The molecular weight excluding hydrogens is 364 g/mol. The van der Waals surface area contributed by atoms with E-state index in [2.05, 4.69) is 26.5 Å². The summed E-state index contributed by atoms with van der Waals surface area (Å²) in [6, 6.07) is 12.0. The maximum Gasteiger partial charge on any atom is 0.282 e. The number of para-hydroxylation sites is 1. The summed E-state index contributed by atoms with van der Waals surface area (Å²) < 4.78 is 2.58. The van der Waals surface area contributed by atoms with E-state index in [-0.39, 0.29) is 5.56 Å². The van der Waals surface area contributed by atoms with Crippen molar-refractivity contribution in [2.75, 3.05) is 6.54 Å². The van der Waals surface area contributed by atoms with Crippen LogP contribution in [-0.2, 0) is 6.42 Å². The van der Waals surface area contributed by atoms with Crippen LogP contribution in [-0.4, -0.2) is 27.0 Å². The van der Waals surface area contributed by atoms with Gasteiger partial charge in [0.1, 0.15) is 0 Å². The zero-order chi connectivity index (χ0) is 18.1. The third-order valence-corrected chi connectivity index (χ3v) is 6.15. The number of rotatable bonds is 5. The van der Waals surface area contributed by atoms with Gasteiger partial charge in [-0.1, -0.05) is 29.5 Å². The lowest BCUT2D eigenvalue weighted by atomic mass is 10.2. The molecule has 0 aliphatic rings. The number of nitrogens with zero attached hydrogens (tertiary/aromatic N) is 3. The number of aromatic amines is 1. The largest absolute Gasteiger partial charge is 0.293 e. The maximum absolute atomic E-state index is 12.9. The summed E-state index contributed by atoms with van der Waals surface area (Å²) in [6.45, 7) is 4.48. The van der Waals surface area contributed by atoms with Crippen molar-refractivity contribution in [2.45, 2.75) is 20.3 Å². The molecule has 0 amide bonds. The Morgan fingerprint density at radius 2 is 2.12 bits per heavy atom. The molecule has 0 unspecified atom stereocenters. The van der Waals surface area contributed by atoms with Gasteiger partial charge < -0.3 is 0 Å². The van der Waals surface area contributed by atoms with Gasteiger partial charge in [0.05, 0.1) is 15.8 Å². The predicted octanol–water partition coefficient (Wildman–Crippen LogP) is 4.20. The first-order valence-corrected chi connectivity index (χ1v) is 10.0. The summed E-state index contributed by atoms with van der Waals surface area (Å²) in [5, 5.41) is 5.87. The van der Waals surface area contributed by atoms with E-state index >= 15 is 0 Å². The highest BCUT2D eigenvalue weighted by atomic mass is 32.1. The number of hydrogen-bond donors (Lipinski definition) is 1. The summed E-state index contributed by atoms with van der Waals surface area (Å²) in [5.41, 5.74) is 3.01. The van der Waals surface area contributed by atoms with E-state index in [0.29, 0.717) is 17.2 Å². The van der Waals surface area contributed by atoms with E-state index in [0.717, 1.165) is 28.0 Å². The Morgan fingerprint density at radius 3 is 2.88 bits per heavy atom. The van der Waals surface area contributed by atoms with E-state index in [9.17, 15) is 4.79 Å². The van der Waals surface area contributed by atoms with Crippen molar-refractivity contribution in [3.63, 3.8) is 0 Å². The van der Waals surface area contributed by atoms with Crippen molar-refractivity contribution in [3.8, 4) is 5.13 Å². The van der Waals surface area contributed by atoms with Crippen LogP contribution in [0.25, 0.3) is 15.3 Å². The number of fused-ring (bicyclic) bond motifs is 1. The van der Waals surface area contributed by atoms with Crippen LogP contribution in [0, 0.1) is 6.92 Å². The van der Waals surface area contributed by atoms with Crippen molar-refractivity contribution in [3.05, 3.63) is 68.3 Å². The number of hydrogen-bond acceptors (Lipinski definition) is 5. The van der Waals surface area contributed by atoms with Gasteiger partial charge >= 0.3 is 0 Å². The van der Waals surface area contributed by atoms with Crippen molar-refractivity contribution in [1.82, 2.24) is 14.8 Å². The van der Waals surface area contributed by atoms with E-state index in [1.165, 1.54) is 20.9 Å².